The van der Waals surface area contributed by atoms with E-state index in [0.717, 1.165) is 29.9 Å². The average Bonchev–Trinajstić information content (AvgIpc) is 3.58. The summed E-state index contributed by atoms with van der Waals surface area (Å²) in [5.74, 6) is 0.270. The lowest BCUT2D eigenvalue weighted by Gasteiger charge is -2.32. The molecule has 32 heavy (non-hydrogen) atoms. The Morgan fingerprint density at radius 1 is 0.875 bits per heavy atom. The van der Waals surface area contributed by atoms with Crippen LogP contribution in [0, 0.1) is 0 Å². The Balaban J connectivity index is 1.22. The summed E-state index contributed by atoms with van der Waals surface area (Å²) in [5.41, 5.74) is 3.06. The molecule has 2 aromatic carbocycles. The molecule has 3 aromatic rings. The average molecular weight is 431 g/mol. The topological polar surface area (TPSA) is 92.2 Å². The van der Waals surface area contributed by atoms with E-state index in [1.165, 1.54) is 0 Å². The third-order valence-corrected chi connectivity index (χ3v) is 6.02. The van der Waals surface area contributed by atoms with Crippen molar-refractivity contribution in [3.63, 3.8) is 0 Å². The molecule has 0 atom stereocenters. The van der Waals surface area contributed by atoms with Crippen molar-refractivity contribution in [1.82, 2.24) is 25.2 Å². The molecule has 1 saturated carbocycles. The summed E-state index contributed by atoms with van der Waals surface area (Å²) in [6.07, 6.45) is 3.53. The number of rotatable bonds is 5. The number of hydrogen-bond donors (Lipinski definition) is 2. The second-order valence-corrected chi connectivity index (χ2v) is 8.38. The molecule has 1 aromatic heterocycles. The predicted molar refractivity (Wildman–Crippen MR) is 121 cm³/mol. The zero-order valence-electron chi connectivity index (χ0n) is 17.8. The van der Waals surface area contributed by atoms with Crippen LogP contribution in [0.15, 0.2) is 60.7 Å². The van der Waals surface area contributed by atoms with Gasteiger partial charge in [0.05, 0.1) is 11.4 Å². The van der Waals surface area contributed by atoms with E-state index < -0.39 is 0 Å². The molecular weight excluding hydrogens is 404 g/mol. The van der Waals surface area contributed by atoms with Crippen molar-refractivity contribution in [2.45, 2.75) is 37.6 Å². The van der Waals surface area contributed by atoms with Gasteiger partial charge >= 0.3 is 6.03 Å². The van der Waals surface area contributed by atoms with Crippen molar-refractivity contribution in [1.29, 1.82) is 0 Å². The van der Waals surface area contributed by atoms with Crippen LogP contribution in [0.2, 0.25) is 0 Å². The molecule has 2 N–H and O–H groups in total. The maximum atomic E-state index is 13.3. The van der Waals surface area contributed by atoms with Crippen molar-refractivity contribution in [2.75, 3.05) is 18.4 Å². The molecule has 0 spiro atoms. The summed E-state index contributed by atoms with van der Waals surface area (Å²) in [6, 6.07) is 19.0. The van der Waals surface area contributed by atoms with Gasteiger partial charge in [0.25, 0.3) is 5.91 Å². The third-order valence-electron chi connectivity index (χ3n) is 6.02. The summed E-state index contributed by atoms with van der Waals surface area (Å²) < 4.78 is 1.81. The van der Waals surface area contributed by atoms with Gasteiger partial charge in [-0.3, -0.25) is 4.79 Å². The quantitative estimate of drug-likeness (QED) is 0.647. The highest BCUT2D eigenvalue weighted by Crippen LogP contribution is 2.42. The van der Waals surface area contributed by atoms with Gasteiger partial charge in [0, 0.05) is 30.7 Å². The molecule has 1 aliphatic heterocycles. The maximum Gasteiger partial charge on any atom is 0.319 e. The number of likely N-dealkylation sites (tertiary alicyclic amines) is 1. The first-order valence-corrected chi connectivity index (χ1v) is 11.1. The SMILES string of the molecule is O=C(Nc1ccccc1)NC1CCN(C(=O)c2nnn(-c3ccccc3)c2C2CC2)CC1. The smallest absolute Gasteiger partial charge is 0.319 e. The van der Waals surface area contributed by atoms with Crippen molar-refractivity contribution >= 4 is 17.6 Å². The van der Waals surface area contributed by atoms with Crippen LogP contribution < -0.4 is 10.6 Å². The van der Waals surface area contributed by atoms with Crippen LogP contribution in [0.5, 0.6) is 0 Å². The van der Waals surface area contributed by atoms with Crippen LogP contribution in [-0.4, -0.2) is 51.0 Å². The summed E-state index contributed by atoms with van der Waals surface area (Å²) >= 11 is 0. The summed E-state index contributed by atoms with van der Waals surface area (Å²) in [5, 5.41) is 14.5. The van der Waals surface area contributed by atoms with Gasteiger partial charge in [0.1, 0.15) is 0 Å². The van der Waals surface area contributed by atoms with Gasteiger partial charge in [-0.2, -0.15) is 0 Å². The monoisotopic (exact) mass is 430 g/mol. The molecule has 8 nitrogen and oxygen atoms in total. The van der Waals surface area contributed by atoms with Gasteiger partial charge in [-0.15, -0.1) is 5.10 Å². The zero-order chi connectivity index (χ0) is 21.9. The van der Waals surface area contributed by atoms with E-state index in [2.05, 4.69) is 20.9 Å². The zero-order valence-corrected chi connectivity index (χ0v) is 17.8. The molecule has 3 amide bonds. The lowest BCUT2D eigenvalue weighted by molar-refractivity contribution is 0.0701. The number of carbonyl (C=O) groups is 2. The highest BCUT2D eigenvalue weighted by molar-refractivity contribution is 5.94. The Kier molecular flexibility index (Phi) is 5.58. The Morgan fingerprint density at radius 3 is 2.19 bits per heavy atom. The minimum Gasteiger partial charge on any atom is -0.337 e. The number of aromatic nitrogens is 3. The molecular formula is C24H26N6O2. The summed E-state index contributed by atoms with van der Waals surface area (Å²) in [6.45, 7) is 1.16. The Bertz CT molecular complexity index is 1090. The molecule has 2 fully saturated rings. The van der Waals surface area contributed by atoms with Crippen molar-refractivity contribution in [3.8, 4) is 5.69 Å². The van der Waals surface area contributed by atoms with E-state index in [1.54, 1.807) is 0 Å². The van der Waals surface area contributed by atoms with E-state index in [0.29, 0.717) is 37.5 Å². The first-order chi connectivity index (χ1) is 15.7. The van der Waals surface area contributed by atoms with Crippen LogP contribution >= 0.6 is 0 Å². The molecule has 2 aliphatic rings. The van der Waals surface area contributed by atoms with E-state index in [1.807, 2.05) is 70.2 Å². The van der Waals surface area contributed by atoms with Gasteiger partial charge in [0.15, 0.2) is 5.69 Å². The van der Waals surface area contributed by atoms with Crippen LogP contribution in [0.4, 0.5) is 10.5 Å². The van der Waals surface area contributed by atoms with E-state index in [9.17, 15) is 9.59 Å². The minimum absolute atomic E-state index is 0.0330. The number of benzene rings is 2. The number of urea groups is 1. The van der Waals surface area contributed by atoms with Crippen molar-refractivity contribution in [3.05, 3.63) is 72.1 Å². The third kappa shape index (κ3) is 4.34. The first kappa shape index (κ1) is 20.2. The number of nitrogens with zero attached hydrogens (tertiary/aromatic N) is 4. The number of anilines is 1. The molecule has 8 heteroatoms. The fourth-order valence-electron chi connectivity index (χ4n) is 4.18. The van der Waals surface area contributed by atoms with Crippen molar-refractivity contribution < 1.29 is 9.59 Å². The molecule has 0 unspecified atom stereocenters. The molecule has 0 radical (unpaired) electrons. The van der Waals surface area contributed by atoms with Crippen LogP contribution in [0.1, 0.15) is 47.8 Å². The normalized spacial score (nSPS) is 16.6. The van der Waals surface area contributed by atoms with Gasteiger partial charge in [-0.1, -0.05) is 41.6 Å². The highest BCUT2D eigenvalue weighted by Gasteiger charge is 2.36. The number of para-hydroxylation sites is 2. The van der Waals surface area contributed by atoms with E-state index in [-0.39, 0.29) is 18.0 Å². The molecule has 2 heterocycles. The number of nitrogens with one attached hydrogen (secondary N) is 2. The number of amides is 3. The largest absolute Gasteiger partial charge is 0.337 e. The molecule has 1 aliphatic carbocycles. The van der Waals surface area contributed by atoms with Gasteiger partial charge in [0.2, 0.25) is 0 Å². The second kappa shape index (κ2) is 8.82. The molecule has 0 bridgehead atoms. The van der Waals surface area contributed by atoms with Crippen LogP contribution in [0.25, 0.3) is 5.69 Å². The summed E-state index contributed by atoms with van der Waals surface area (Å²) in [4.78, 5) is 27.4. The number of piperidine rings is 1. The Hall–Kier alpha value is -3.68. The van der Waals surface area contributed by atoms with Gasteiger partial charge < -0.3 is 15.5 Å². The minimum atomic E-state index is -0.220. The first-order valence-electron chi connectivity index (χ1n) is 11.1. The molecule has 164 valence electrons. The Morgan fingerprint density at radius 2 is 1.53 bits per heavy atom. The predicted octanol–water partition coefficient (Wildman–Crippen LogP) is 3.57. The van der Waals surface area contributed by atoms with Gasteiger partial charge in [-0.05, 0) is 49.9 Å². The van der Waals surface area contributed by atoms with Crippen molar-refractivity contribution in [2.24, 2.45) is 0 Å². The lowest BCUT2D eigenvalue weighted by atomic mass is 10.0. The van der Waals surface area contributed by atoms with E-state index in [4.69, 9.17) is 0 Å². The summed E-state index contributed by atoms with van der Waals surface area (Å²) in [7, 11) is 0. The highest BCUT2D eigenvalue weighted by atomic mass is 16.2. The van der Waals surface area contributed by atoms with Crippen LogP contribution in [-0.2, 0) is 0 Å². The second-order valence-electron chi connectivity index (χ2n) is 8.38. The maximum absolute atomic E-state index is 13.3. The fourth-order valence-corrected chi connectivity index (χ4v) is 4.18. The van der Waals surface area contributed by atoms with Crippen LogP contribution in [0.3, 0.4) is 0 Å². The number of hydrogen-bond acceptors (Lipinski definition) is 4. The molecule has 5 rings (SSSR count). The fraction of sp³-hybridized carbons (Fsp3) is 0.333. The number of carbonyl (C=O) groups excluding carboxylic acids is 2. The standard InChI is InChI=1S/C24H26N6O2/c31-23(21-22(17-11-12-17)30(28-27-21)20-9-5-2-6-10-20)29-15-13-19(14-16-29)26-24(32)25-18-7-3-1-4-8-18/h1-10,17,19H,11-16H2,(H2,25,26,32). The molecule has 1 saturated heterocycles. The van der Waals surface area contributed by atoms with Gasteiger partial charge in [-0.25, -0.2) is 9.48 Å². The lowest BCUT2D eigenvalue weighted by Crippen LogP contribution is -2.47. The Labute approximate surface area is 186 Å². The van der Waals surface area contributed by atoms with E-state index >= 15 is 0 Å².